The molecule has 2 aromatic heterocycles. The van der Waals surface area contributed by atoms with E-state index >= 15 is 0 Å². The lowest BCUT2D eigenvalue weighted by molar-refractivity contribution is -0.131. The summed E-state index contributed by atoms with van der Waals surface area (Å²) in [7, 11) is 0. The SMILES string of the molecule is O=C(Cc1cccs1)N1CCC(c2cc[nH]c(=O)c2)CC1. The molecule has 0 unspecified atom stereocenters. The van der Waals surface area contributed by atoms with Gasteiger partial charge in [0.25, 0.3) is 0 Å². The van der Waals surface area contributed by atoms with E-state index in [-0.39, 0.29) is 11.5 Å². The van der Waals surface area contributed by atoms with E-state index < -0.39 is 0 Å². The van der Waals surface area contributed by atoms with Crippen molar-refractivity contribution in [1.82, 2.24) is 9.88 Å². The molecule has 0 radical (unpaired) electrons. The van der Waals surface area contributed by atoms with Crippen LogP contribution in [0.15, 0.2) is 40.6 Å². The predicted molar refractivity (Wildman–Crippen MR) is 83.6 cm³/mol. The highest BCUT2D eigenvalue weighted by Crippen LogP contribution is 2.27. The number of H-pyrrole nitrogens is 1. The fourth-order valence-electron chi connectivity index (χ4n) is 2.85. The van der Waals surface area contributed by atoms with Gasteiger partial charge in [-0.3, -0.25) is 9.59 Å². The van der Waals surface area contributed by atoms with E-state index in [1.165, 1.54) is 0 Å². The van der Waals surface area contributed by atoms with Gasteiger partial charge in [0.15, 0.2) is 0 Å². The van der Waals surface area contributed by atoms with Gasteiger partial charge in [-0.15, -0.1) is 11.3 Å². The Labute approximate surface area is 127 Å². The van der Waals surface area contributed by atoms with Crippen LogP contribution >= 0.6 is 11.3 Å². The van der Waals surface area contributed by atoms with Crippen molar-refractivity contribution in [3.05, 3.63) is 56.6 Å². The summed E-state index contributed by atoms with van der Waals surface area (Å²) in [4.78, 5) is 29.3. The molecule has 0 aromatic carbocycles. The molecule has 1 fully saturated rings. The van der Waals surface area contributed by atoms with Crippen molar-refractivity contribution in [3.8, 4) is 0 Å². The second-order valence-electron chi connectivity index (χ2n) is 5.40. The third-order valence-corrected chi connectivity index (χ3v) is 4.90. The maximum Gasteiger partial charge on any atom is 0.248 e. The second-order valence-corrected chi connectivity index (χ2v) is 6.43. The van der Waals surface area contributed by atoms with Crippen molar-refractivity contribution in [1.29, 1.82) is 0 Å². The molecule has 5 heteroatoms. The fourth-order valence-corrected chi connectivity index (χ4v) is 3.55. The Kier molecular flexibility index (Phi) is 4.20. The van der Waals surface area contributed by atoms with Crippen LogP contribution in [0.1, 0.15) is 29.2 Å². The van der Waals surface area contributed by atoms with Crippen LogP contribution in [0.4, 0.5) is 0 Å². The summed E-state index contributed by atoms with van der Waals surface area (Å²) < 4.78 is 0. The van der Waals surface area contributed by atoms with Gasteiger partial charge in [-0.05, 0) is 41.8 Å². The molecule has 1 N–H and O–H groups in total. The van der Waals surface area contributed by atoms with Crippen LogP contribution in [-0.2, 0) is 11.2 Å². The zero-order valence-corrected chi connectivity index (χ0v) is 12.6. The number of carbonyl (C=O) groups excluding carboxylic acids is 1. The lowest BCUT2D eigenvalue weighted by atomic mass is 9.90. The Morgan fingerprint density at radius 3 is 2.81 bits per heavy atom. The third kappa shape index (κ3) is 3.42. The van der Waals surface area contributed by atoms with Gasteiger partial charge in [0.1, 0.15) is 0 Å². The first-order valence-electron chi connectivity index (χ1n) is 7.21. The minimum atomic E-state index is -0.0521. The average molecular weight is 302 g/mol. The van der Waals surface area contributed by atoms with Gasteiger partial charge in [-0.2, -0.15) is 0 Å². The topological polar surface area (TPSA) is 53.2 Å². The van der Waals surface area contributed by atoms with E-state index in [4.69, 9.17) is 0 Å². The number of amides is 1. The van der Waals surface area contributed by atoms with E-state index in [1.807, 2.05) is 28.5 Å². The van der Waals surface area contributed by atoms with Gasteiger partial charge < -0.3 is 9.88 Å². The van der Waals surface area contributed by atoms with E-state index in [9.17, 15) is 9.59 Å². The molecule has 3 heterocycles. The Bertz CT molecular complexity index is 655. The molecule has 2 aromatic rings. The van der Waals surface area contributed by atoms with E-state index in [0.717, 1.165) is 36.4 Å². The smallest absolute Gasteiger partial charge is 0.248 e. The van der Waals surface area contributed by atoms with Crippen molar-refractivity contribution in [2.45, 2.75) is 25.2 Å². The number of likely N-dealkylation sites (tertiary alicyclic amines) is 1. The molecule has 0 saturated carbocycles. The molecule has 1 amide bonds. The molecule has 110 valence electrons. The normalized spacial score (nSPS) is 16.1. The van der Waals surface area contributed by atoms with Crippen LogP contribution in [0, 0.1) is 0 Å². The van der Waals surface area contributed by atoms with Crippen LogP contribution in [0.3, 0.4) is 0 Å². The lowest BCUT2D eigenvalue weighted by Gasteiger charge is -2.32. The predicted octanol–water partition coefficient (Wildman–Crippen LogP) is 2.39. The third-order valence-electron chi connectivity index (χ3n) is 4.02. The van der Waals surface area contributed by atoms with Crippen LogP contribution < -0.4 is 5.56 Å². The first-order valence-corrected chi connectivity index (χ1v) is 8.09. The van der Waals surface area contributed by atoms with Crippen LogP contribution in [0.25, 0.3) is 0 Å². The molecular weight excluding hydrogens is 284 g/mol. The molecule has 3 rings (SSSR count). The van der Waals surface area contributed by atoms with Crippen LogP contribution in [0.5, 0.6) is 0 Å². The average Bonchev–Trinajstić information content (AvgIpc) is 3.00. The highest BCUT2D eigenvalue weighted by molar-refractivity contribution is 7.10. The van der Waals surface area contributed by atoms with Crippen LogP contribution in [0.2, 0.25) is 0 Å². The first-order chi connectivity index (χ1) is 10.2. The van der Waals surface area contributed by atoms with Crippen molar-refractivity contribution in [3.63, 3.8) is 0 Å². The lowest BCUT2D eigenvalue weighted by Crippen LogP contribution is -2.38. The number of pyridine rings is 1. The summed E-state index contributed by atoms with van der Waals surface area (Å²) in [6.45, 7) is 1.56. The maximum absolute atomic E-state index is 12.2. The minimum Gasteiger partial charge on any atom is -0.342 e. The van der Waals surface area contributed by atoms with E-state index in [2.05, 4.69) is 4.98 Å². The summed E-state index contributed by atoms with van der Waals surface area (Å²) in [5, 5.41) is 2.00. The molecule has 0 bridgehead atoms. The Morgan fingerprint density at radius 1 is 1.33 bits per heavy atom. The molecule has 21 heavy (non-hydrogen) atoms. The van der Waals surface area contributed by atoms with Crippen molar-refractivity contribution in [2.75, 3.05) is 13.1 Å². The van der Waals surface area contributed by atoms with Gasteiger partial charge in [0, 0.05) is 30.2 Å². The number of nitrogens with zero attached hydrogens (tertiary/aromatic N) is 1. The quantitative estimate of drug-likeness (QED) is 0.946. The number of aromatic nitrogens is 1. The standard InChI is InChI=1S/C16H18N2O2S/c19-15-10-13(3-6-17-15)12-4-7-18(8-5-12)16(20)11-14-2-1-9-21-14/h1-3,6,9-10,12H,4-5,7-8,11H2,(H,17,19). The van der Waals surface area contributed by atoms with Gasteiger partial charge in [-0.25, -0.2) is 0 Å². The Hall–Kier alpha value is -1.88. The van der Waals surface area contributed by atoms with E-state index in [1.54, 1.807) is 23.6 Å². The summed E-state index contributed by atoms with van der Waals surface area (Å²) in [5.41, 5.74) is 1.04. The minimum absolute atomic E-state index is 0.0521. The highest BCUT2D eigenvalue weighted by atomic mass is 32.1. The zero-order chi connectivity index (χ0) is 14.7. The fraction of sp³-hybridized carbons (Fsp3) is 0.375. The number of thiophene rings is 1. The molecular formula is C16H18N2O2S. The van der Waals surface area contributed by atoms with Gasteiger partial charge in [-0.1, -0.05) is 6.07 Å². The monoisotopic (exact) mass is 302 g/mol. The van der Waals surface area contributed by atoms with Crippen molar-refractivity contribution < 1.29 is 4.79 Å². The maximum atomic E-state index is 12.2. The summed E-state index contributed by atoms with van der Waals surface area (Å²) in [6.07, 6.45) is 4.07. The molecule has 1 aliphatic rings. The largest absolute Gasteiger partial charge is 0.342 e. The van der Waals surface area contributed by atoms with Crippen molar-refractivity contribution in [2.24, 2.45) is 0 Å². The molecule has 1 saturated heterocycles. The second kappa shape index (κ2) is 6.26. The number of aromatic amines is 1. The molecule has 0 spiro atoms. The Balaban J connectivity index is 1.57. The number of piperidine rings is 1. The molecule has 4 nitrogen and oxygen atoms in total. The van der Waals surface area contributed by atoms with Gasteiger partial charge >= 0.3 is 0 Å². The summed E-state index contributed by atoms with van der Waals surface area (Å²) in [6, 6.07) is 7.63. The number of nitrogens with one attached hydrogen (secondary N) is 1. The molecule has 1 aliphatic heterocycles. The Morgan fingerprint density at radius 2 is 2.14 bits per heavy atom. The first kappa shape index (κ1) is 14.1. The van der Waals surface area contributed by atoms with Crippen LogP contribution in [-0.4, -0.2) is 28.9 Å². The van der Waals surface area contributed by atoms with E-state index in [0.29, 0.717) is 12.3 Å². The number of rotatable bonds is 3. The molecule has 0 aliphatic carbocycles. The van der Waals surface area contributed by atoms with Gasteiger partial charge in [0.2, 0.25) is 11.5 Å². The number of hydrogen-bond donors (Lipinski definition) is 1. The summed E-state index contributed by atoms with van der Waals surface area (Å²) >= 11 is 1.63. The van der Waals surface area contributed by atoms with Gasteiger partial charge in [0.05, 0.1) is 6.42 Å². The number of carbonyl (C=O) groups is 1. The highest BCUT2D eigenvalue weighted by Gasteiger charge is 2.24. The molecule has 0 atom stereocenters. The number of hydrogen-bond acceptors (Lipinski definition) is 3. The summed E-state index contributed by atoms with van der Waals surface area (Å²) in [5.74, 6) is 0.597. The zero-order valence-electron chi connectivity index (χ0n) is 11.7. The van der Waals surface area contributed by atoms with Crippen molar-refractivity contribution >= 4 is 17.2 Å².